The van der Waals surface area contributed by atoms with E-state index in [1.54, 1.807) is 6.07 Å². The first kappa shape index (κ1) is 11.3. The summed E-state index contributed by atoms with van der Waals surface area (Å²) in [5.41, 5.74) is 7.35. The van der Waals surface area contributed by atoms with E-state index in [1.807, 2.05) is 6.92 Å². The van der Waals surface area contributed by atoms with Crippen molar-refractivity contribution in [3.8, 4) is 0 Å². The molecule has 0 unspecified atom stereocenters. The third-order valence-electron chi connectivity index (χ3n) is 2.08. The average Bonchev–Trinajstić information content (AvgIpc) is 2.02. The van der Waals surface area contributed by atoms with Crippen LogP contribution in [0.1, 0.15) is 29.8 Å². The minimum atomic E-state index is -0.140. The zero-order chi connectivity index (χ0) is 10.9. The minimum Gasteiger partial charge on any atom is -0.398 e. The standard InChI is InChI=1S/C10H11Cl2NO/c1-3-6-7(11)4-8(12)9(5(2)14)10(6)13/h4H,3,13H2,1-2H3. The van der Waals surface area contributed by atoms with E-state index in [9.17, 15) is 4.79 Å². The number of Topliss-reactive ketones (excluding diaryl/α,β-unsaturated/α-hetero) is 1. The third-order valence-corrected chi connectivity index (χ3v) is 2.72. The molecule has 2 N–H and O–H groups in total. The number of halogens is 2. The second kappa shape index (κ2) is 4.20. The normalized spacial score (nSPS) is 10.3. The van der Waals surface area contributed by atoms with Gasteiger partial charge in [-0.25, -0.2) is 0 Å². The maximum Gasteiger partial charge on any atom is 0.163 e. The molecule has 0 fully saturated rings. The van der Waals surface area contributed by atoms with Gasteiger partial charge >= 0.3 is 0 Å². The highest BCUT2D eigenvalue weighted by Crippen LogP contribution is 2.32. The molecule has 2 nitrogen and oxygen atoms in total. The van der Waals surface area contributed by atoms with Crippen molar-refractivity contribution in [2.24, 2.45) is 0 Å². The van der Waals surface area contributed by atoms with Crippen LogP contribution in [-0.2, 0) is 6.42 Å². The second-order valence-electron chi connectivity index (χ2n) is 3.02. The highest BCUT2D eigenvalue weighted by atomic mass is 35.5. The molecule has 14 heavy (non-hydrogen) atoms. The molecule has 0 saturated carbocycles. The van der Waals surface area contributed by atoms with E-state index in [0.29, 0.717) is 27.7 Å². The molecule has 0 aliphatic heterocycles. The van der Waals surface area contributed by atoms with Crippen LogP contribution in [0, 0.1) is 0 Å². The summed E-state index contributed by atoms with van der Waals surface area (Å²) in [6.07, 6.45) is 0.683. The van der Waals surface area contributed by atoms with Gasteiger partial charge in [0.15, 0.2) is 5.78 Å². The number of benzene rings is 1. The lowest BCUT2D eigenvalue weighted by Gasteiger charge is -2.11. The predicted molar refractivity (Wildman–Crippen MR) is 60.3 cm³/mol. The summed E-state index contributed by atoms with van der Waals surface area (Å²) in [6.45, 7) is 3.36. The van der Waals surface area contributed by atoms with Crippen molar-refractivity contribution in [1.29, 1.82) is 0 Å². The number of nitrogen functional groups attached to an aromatic ring is 1. The van der Waals surface area contributed by atoms with Crippen LogP contribution in [0.15, 0.2) is 6.07 Å². The Morgan fingerprint density at radius 2 is 2.00 bits per heavy atom. The molecule has 0 radical (unpaired) electrons. The van der Waals surface area contributed by atoms with E-state index in [1.165, 1.54) is 6.92 Å². The van der Waals surface area contributed by atoms with E-state index in [0.717, 1.165) is 5.56 Å². The van der Waals surface area contributed by atoms with E-state index < -0.39 is 0 Å². The van der Waals surface area contributed by atoms with Gasteiger partial charge in [-0.1, -0.05) is 30.1 Å². The molecule has 0 amide bonds. The van der Waals surface area contributed by atoms with Gasteiger partial charge in [0.25, 0.3) is 0 Å². The Bertz CT molecular complexity index is 388. The van der Waals surface area contributed by atoms with Crippen LogP contribution in [0.25, 0.3) is 0 Å². The first-order chi connectivity index (χ1) is 6.49. The average molecular weight is 232 g/mol. The summed E-state index contributed by atoms with van der Waals surface area (Å²) < 4.78 is 0. The lowest BCUT2D eigenvalue weighted by molar-refractivity contribution is 0.101. The molecule has 1 aromatic carbocycles. The lowest BCUT2D eigenvalue weighted by Crippen LogP contribution is -2.05. The minimum absolute atomic E-state index is 0.140. The van der Waals surface area contributed by atoms with Crippen molar-refractivity contribution in [2.45, 2.75) is 20.3 Å². The number of hydrogen-bond donors (Lipinski definition) is 1. The molecule has 76 valence electrons. The Labute approximate surface area is 93.0 Å². The maximum absolute atomic E-state index is 11.3. The fraction of sp³-hybridized carbons (Fsp3) is 0.300. The largest absolute Gasteiger partial charge is 0.398 e. The molecular weight excluding hydrogens is 221 g/mol. The molecule has 0 aliphatic carbocycles. The summed E-state index contributed by atoms with van der Waals surface area (Å²) in [5, 5.41) is 0.831. The summed E-state index contributed by atoms with van der Waals surface area (Å²) in [5.74, 6) is -0.140. The number of carbonyl (C=O) groups excluding carboxylic acids is 1. The highest BCUT2D eigenvalue weighted by molar-refractivity contribution is 6.38. The number of rotatable bonds is 2. The van der Waals surface area contributed by atoms with Crippen LogP contribution in [-0.4, -0.2) is 5.78 Å². The summed E-state index contributed by atoms with van der Waals surface area (Å²) in [4.78, 5) is 11.3. The monoisotopic (exact) mass is 231 g/mol. The molecular formula is C10H11Cl2NO. The summed E-state index contributed by atoms with van der Waals surface area (Å²) in [7, 11) is 0. The molecule has 1 aromatic rings. The fourth-order valence-electron chi connectivity index (χ4n) is 1.40. The smallest absolute Gasteiger partial charge is 0.163 e. The van der Waals surface area contributed by atoms with E-state index in [4.69, 9.17) is 28.9 Å². The van der Waals surface area contributed by atoms with Gasteiger partial charge in [-0.3, -0.25) is 4.79 Å². The van der Waals surface area contributed by atoms with Crippen LogP contribution in [0.4, 0.5) is 5.69 Å². The van der Waals surface area contributed by atoms with Crippen molar-refractivity contribution in [3.05, 3.63) is 27.2 Å². The zero-order valence-corrected chi connectivity index (χ0v) is 9.54. The zero-order valence-electron chi connectivity index (χ0n) is 8.03. The van der Waals surface area contributed by atoms with Gasteiger partial charge in [-0.2, -0.15) is 0 Å². The van der Waals surface area contributed by atoms with Crippen molar-refractivity contribution < 1.29 is 4.79 Å². The Morgan fingerprint density at radius 3 is 2.43 bits per heavy atom. The van der Waals surface area contributed by atoms with Gasteiger partial charge < -0.3 is 5.73 Å². The van der Waals surface area contributed by atoms with E-state index in [-0.39, 0.29) is 5.78 Å². The van der Waals surface area contributed by atoms with Crippen molar-refractivity contribution in [3.63, 3.8) is 0 Å². The first-order valence-electron chi connectivity index (χ1n) is 4.26. The van der Waals surface area contributed by atoms with Gasteiger partial charge in [0.2, 0.25) is 0 Å². The number of anilines is 1. The molecule has 0 saturated heterocycles. The predicted octanol–water partition coefficient (Wildman–Crippen LogP) is 3.34. The molecule has 0 aliphatic rings. The number of carbonyl (C=O) groups is 1. The Hall–Kier alpha value is -0.730. The Morgan fingerprint density at radius 1 is 1.43 bits per heavy atom. The molecule has 0 heterocycles. The van der Waals surface area contributed by atoms with Gasteiger partial charge in [-0.15, -0.1) is 0 Å². The van der Waals surface area contributed by atoms with Crippen molar-refractivity contribution >= 4 is 34.7 Å². The lowest BCUT2D eigenvalue weighted by atomic mass is 10.0. The van der Waals surface area contributed by atoms with Crippen molar-refractivity contribution in [2.75, 3.05) is 5.73 Å². The van der Waals surface area contributed by atoms with E-state index >= 15 is 0 Å². The van der Waals surface area contributed by atoms with Crippen LogP contribution >= 0.6 is 23.2 Å². The first-order valence-corrected chi connectivity index (χ1v) is 5.01. The Balaban J connectivity index is 3.52. The third kappa shape index (κ3) is 1.86. The number of ketones is 1. The topological polar surface area (TPSA) is 43.1 Å². The second-order valence-corrected chi connectivity index (χ2v) is 3.83. The van der Waals surface area contributed by atoms with Crippen molar-refractivity contribution in [1.82, 2.24) is 0 Å². The molecule has 1 rings (SSSR count). The van der Waals surface area contributed by atoms with Crippen LogP contribution in [0.2, 0.25) is 10.0 Å². The summed E-state index contributed by atoms with van der Waals surface area (Å²) in [6, 6.07) is 1.56. The number of hydrogen-bond acceptors (Lipinski definition) is 2. The van der Waals surface area contributed by atoms with Crippen LogP contribution < -0.4 is 5.73 Å². The Kier molecular flexibility index (Phi) is 3.40. The van der Waals surface area contributed by atoms with Gasteiger partial charge in [0.05, 0.1) is 10.6 Å². The molecule has 0 spiro atoms. The quantitative estimate of drug-likeness (QED) is 0.627. The van der Waals surface area contributed by atoms with Crippen LogP contribution in [0.5, 0.6) is 0 Å². The maximum atomic E-state index is 11.3. The van der Waals surface area contributed by atoms with Gasteiger partial charge in [0.1, 0.15) is 0 Å². The molecule has 4 heteroatoms. The highest BCUT2D eigenvalue weighted by Gasteiger charge is 2.15. The van der Waals surface area contributed by atoms with E-state index in [2.05, 4.69) is 0 Å². The van der Waals surface area contributed by atoms with Gasteiger partial charge in [0, 0.05) is 10.7 Å². The fourth-order valence-corrected chi connectivity index (χ4v) is 2.14. The summed E-state index contributed by atoms with van der Waals surface area (Å²) >= 11 is 11.8. The van der Waals surface area contributed by atoms with Gasteiger partial charge in [-0.05, 0) is 25.0 Å². The SMILES string of the molecule is CCc1c(Cl)cc(Cl)c(C(C)=O)c1N. The molecule has 0 bridgehead atoms. The van der Waals surface area contributed by atoms with Crippen LogP contribution in [0.3, 0.4) is 0 Å². The molecule has 0 aromatic heterocycles. The molecule has 0 atom stereocenters. The number of nitrogens with two attached hydrogens (primary N) is 1.